The summed E-state index contributed by atoms with van der Waals surface area (Å²) in [6.45, 7) is 6.26. The van der Waals surface area contributed by atoms with Crippen molar-refractivity contribution in [3.05, 3.63) is 65.2 Å². The topological polar surface area (TPSA) is 204 Å². The zero-order valence-corrected chi connectivity index (χ0v) is 32.2. The maximum absolute atomic E-state index is 13.2. The Morgan fingerprint density at radius 3 is 1.72 bits per heavy atom. The summed E-state index contributed by atoms with van der Waals surface area (Å²) in [5.41, 5.74) is 0.882. The average Bonchev–Trinajstić information content (AvgIpc) is 3.46. The molecule has 0 saturated carbocycles. The van der Waals surface area contributed by atoms with Crippen molar-refractivity contribution in [2.24, 2.45) is 0 Å². The number of nitrogens with one attached hydrogen (secondary N) is 2. The number of piperidine rings is 1. The Balaban J connectivity index is 0.865. The Morgan fingerprint density at radius 1 is 0.614 bits per heavy atom. The van der Waals surface area contributed by atoms with E-state index in [-0.39, 0.29) is 54.6 Å². The van der Waals surface area contributed by atoms with Gasteiger partial charge in [0.15, 0.2) is 0 Å². The monoisotopic (exact) mass is 799 g/mol. The number of ether oxygens (including phenoxy) is 8. The smallest absolute Gasteiger partial charge is 0.338 e. The fourth-order valence-corrected chi connectivity index (χ4v) is 5.77. The Bertz CT molecular complexity index is 1590. The summed E-state index contributed by atoms with van der Waals surface area (Å²) in [4.78, 5) is 75.3. The first kappa shape index (κ1) is 45.1. The third-order valence-corrected chi connectivity index (χ3v) is 8.64. The van der Waals surface area contributed by atoms with Crippen LogP contribution >= 0.6 is 0 Å². The molecule has 4 rings (SSSR count). The number of carbonyl (C=O) groups is 6. The van der Waals surface area contributed by atoms with Crippen molar-refractivity contribution in [1.82, 2.24) is 10.2 Å². The molecule has 57 heavy (non-hydrogen) atoms. The number of carbonyl (C=O) groups excluding carboxylic acids is 6. The van der Waals surface area contributed by atoms with Crippen LogP contribution in [0.25, 0.3) is 0 Å². The maximum atomic E-state index is 13.2. The summed E-state index contributed by atoms with van der Waals surface area (Å²) in [6.07, 6.45) is 2.43. The van der Waals surface area contributed by atoms with Crippen LogP contribution in [0.1, 0.15) is 69.6 Å². The molecule has 0 spiro atoms. The lowest BCUT2D eigenvalue weighted by Gasteiger charge is -2.27. The molecule has 2 aliphatic heterocycles. The van der Waals surface area contributed by atoms with Crippen LogP contribution < -0.4 is 10.6 Å². The van der Waals surface area contributed by atoms with Gasteiger partial charge >= 0.3 is 5.97 Å². The van der Waals surface area contributed by atoms with Gasteiger partial charge in [-0.15, -0.1) is 0 Å². The summed E-state index contributed by atoms with van der Waals surface area (Å²) >= 11 is 0. The second kappa shape index (κ2) is 26.3. The number of benzene rings is 2. The van der Waals surface area contributed by atoms with Crippen LogP contribution in [0.4, 0.5) is 5.69 Å². The van der Waals surface area contributed by atoms with E-state index in [0.29, 0.717) is 104 Å². The van der Waals surface area contributed by atoms with Crippen LogP contribution in [-0.2, 0) is 52.3 Å². The molecule has 1 saturated heterocycles. The molecule has 0 bridgehead atoms. The minimum atomic E-state index is -1.08. The Morgan fingerprint density at radius 2 is 1.16 bits per heavy atom. The molecule has 0 aromatic heterocycles. The molecule has 17 heteroatoms. The molecular weight excluding hydrogens is 746 g/mol. The number of nitrogens with zero attached hydrogens (tertiary/aromatic N) is 1. The highest BCUT2D eigenvalue weighted by atomic mass is 16.6. The van der Waals surface area contributed by atoms with Gasteiger partial charge in [0, 0.05) is 19.4 Å². The van der Waals surface area contributed by atoms with E-state index < -0.39 is 29.7 Å². The number of anilines is 1. The van der Waals surface area contributed by atoms with E-state index in [1.165, 1.54) is 6.07 Å². The lowest BCUT2D eigenvalue weighted by atomic mass is 10.0. The second-order valence-corrected chi connectivity index (χ2v) is 12.8. The predicted octanol–water partition coefficient (Wildman–Crippen LogP) is 2.56. The van der Waals surface area contributed by atoms with Gasteiger partial charge in [0.05, 0.1) is 108 Å². The van der Waals surface area contributed by atoms with Crippen LogP contribution in [0, 0.1) is 0 Å². The third kappa shape index (κ3) is 16.0. The van der Waals surface area contributed by atoms with Crippen molar-refractivity contribution >= 4 is 41.2 Å². The van der Waals surface area contributed by atoms with E-state index in [4.69, 9.17) is 37.9 Å². The number of hydrogen-bond acceptors (Lipinski definition) is 14. The van der Waals surface area contributed by atoms with Crippen LogP contribution in [0.3, 0.4) is 0 Å². The minimum Gasteiger partial charge on any atom is -0.460 e. The van der Waals surface area contributed by atoms with Crippen LogP contribution in [-0.4, -0.2) is 146 Å². The van der Waals surface area contributed by atoms with E-state index in [1.54, 1.807) is 36.4 Å². The van der Waals surface area contributed by atoms with E-state index in [1.807, 2.05) is 6.07 Å². The molecule has 2 aliphatic rings. The Labute approximate surface area is 331 Å². The van der Waals surface area contributed by atoms with Crippen LogP contribution in [0.2, 0.25) is 0 Å². The van der Waals surface area contributed by atoms with Gasteiger partial charge in [-0.1, -0.05) is 30.7 Å². The van der Waals surface area contributed by atoms with Gasteiger partial charge in [-0.25, -0.2) is 4.79 Å². The normalized spacial score (nSPS) is 15.2. The minimum absolute atomic E-state index is 0.0259. The van der Waals surface area contributed by atoms with Crippen molar-refractivity contribution in [3.63, 3.8) is 0 Å². The lowest BCUT2D eigenvalue weighted by molar-refractivity contribution is -0.136. The standard InChI is InChI=1S/C40H53N3O14/c44-34(41-32-11-7-10-31-36(32)39(48)43(38(31)47)33-13-14-35(45)42-37(33)46)12-5-2-6-15-50-16-17-51-18-19-52-20-21-53-22-23-54-24-25-55-26-27-56-28-29-57-40(49)30-8-3-1-4-9-30/h1,3-4,7-11,33H,2,5-6,12-29H2,(H,41,44)(H,42,45,46). The summed E-state index contributed by atoms with van der Waals surface area (Å²) in [5, 5.41) is 4.90. The molecule has 312 valence electrons. The first-order chi connectivity index (χ1) is 27.9. The second-order valence-electron chi connectivity index (χ2n) is 12.8. The van der Waals surface area contributed by atoms with Gasteiger partial charge in [0.25, 0.3) is 11.8 Å². The molecular formula is C40H53N3O14. The number of imide groups is 2. The van der Waals surface area contributed by atoms with Gasteiger partial charge in [0.1, 0.15) is 12.6 Å². The summed E-state index contributed by atoms with van der Waals surface area (Å²) in [5.74, 6) is -3.10. The Kier molecular flexibility index (Phi) is 20.8. The average molecular weight is 800 g/mol. The maximum Gasteiger partial charge on any atom is 0.338 e. The molecule has 2 aromatic carbocycles. The molecule has 5 amide bonds. The number of rotatable bonds is 30. The number of fused-ring (bicyclic) bond motifs is 1. The highest BCUT2D eigenvalue weighted by Gasteiger charge is 2.45. The molecule has 1 unspecified atom stereocenters. The highest BCUT2D eigenvalue weighted by molar-refractivity contribution is 6.26. The van der Waals surface area contributed by atoms with Gasteiger partial charge in [-0.2, -0.15) is 0 Å². The fraction of sp³-hybridized carbons (Fsp3) is 0.550. The summed E-state index contributed by atoms with van der Waals surface area (Å²) < 4.78 is 43.5. The first-order valence-electron chi connectivity index (χ1n) is 19.3. The quantitative estimate of drug-likeness (QED) is 0.0663. The fourth-order valence-electron chi connectivity index (χ4n) is 5.77. The summed E-state index contributed by atoms with van der Waals surface area (Å²) in [6, 6.07) is 12.3. The Hall–Kier alpha value is -4.62. The molecule has 0 radical (unpaired) electrons. The molecule has 1 fully saturated rings. The largest absolute Gasteiger partial charge is 0.460 e. The number of unbranched alkanes of at least 4 members (excludes halogenated alkanes) is 2. The molecule has 2 aromatic rings. The SMILES string of the molecule is O=C1CCC(N2C(=O)c3cccc(NC(=O)CCCCCOCCOCCOCCOCCOCCOCCOCCOC(=O)c4ccccc4)c3C2=O)C(=O)N1. The summed E-state index contributed by atoms with van der Waals surface area (Å²) in [7, 11) is 0. The van der Waals surface area contributed by atoms with Crippen LogP contribution in [0.5, 0.6) is 0 Å². The van der Waals surface area contributed by atoms with Gasteiger partial charge in [-0.05, 0) is 43.5 Å². The van der Waals surface area contributed by atoms with Gasteiger partial charge in [0.2, 0.25) is 17.7 Å². The zero-order valence-electron chi connectivity index (χ0n) is 32.2. The number of hydrogen-bond donors (Lipinski definition) is 2. The third-order valence-electron chi connectivity index (χ3n) is 8.64. The van der Waals surface area contributed by atoms with Gasteiger partial charge in [-0.3, -0.25) is 34.2 Å². The zero-order chi connectivity index (χ0) is 40.5. The molecule has 0 aliphatic carbocycles. The predicted molar refractivity (Wildman–Crippen MR) is 203 cm³/mol. The van der Waals surface area contributed by atoms with Crippen molar-refractivity contribution in [2.75, 3.05) is 104 Å². The van der Waals surface area contributed by atoms with Crippen molar-refractivity contribution in [3.8, 4) is 0 Å². The van der Waals surface area contributed by atoms with Crippen molar-refractivity contribution < 1.29 is 66.7 Å². The highest BCUT2D eigenvalue weighted by Crippen LogP contribution is 2.32. The molecule has 1 atom stereocenters. The van der Waals surface area contributed by atoms with Gasteiger partial charge < -0.3 is 43.2 Å². The van der Waals surface area contributed by atoms with E-state index in [0.717, 1.165) is 17.7 Å². The van der Waals surface area contributed by atoms with Crippen molar-refractivity contribution in [2.45, 2.75) is 44.6 Å². The molecule has 17 nitrogen and oxygen atoms in total. The lowest BCUT2D eigenvalue weighted by Crippen LogP contribution is -2.54. The number of amides is 5. The van der Waals surface area contributed by atoms with E-state index in [9.17, 15) is 28.8 Å². The number of esters is 1. The molecule has 2 heterocycles. The molecule has 2 N–H and O–H groups in total. The van der Waals surface area contributed by atoms with E-state index in [2.05, 4.69) is 10.6 Å². The first-order valence-corrected chi connectivity index (χ1v) is 19.3. The van der Waals surface area contributed by atoms with Crippen LogP contribution in [0.15, 0.2) is 48.5 Å². The van der Waals surface area contributed by atoms with Crippen molar-refractivity contribution in [1.29, 1.82) is 0 Å². The van der Waals surface area contributed by atoms with E-state index >= 15 is 0 Å².